The van der Waals surface area contributed by atoms with Crippen LogP contribution in [0, 0.1) is 0 Å². The first-order chi connectivity index (χ1) is 9.58. The van der Waals surface area contributed by atoms with Gasteiger partial charge in [0.1, 0.15) is 0 Å². The highest BCUT2D eigenvalue weighted by Crippen LogP contribution is 2.14. The second-order valence-corrected chi connectivity index (χ2v) is 5.61. The van der Waals surface area contributed by atoms with Gasteiger partial charge in [-0.05, 0) is 35.3 Å². The van der Waals surface area contributed by atoms with E-state index < -0.39 is 0 Å². The average Bonchev–Trinajstić information content (AvgIpc) is 2.71. The Labute approximate surface area is 153 Å². The van der Waals surface area contributed by atoms with E-state index in [0.717, 1.165) is 43.1 Å². The Bertz CT molecular complexity index is 437. The van der Waals surface area contributed by atoms with E-state index in [1.54, 1.807) is 7.11 Å². The van der Waals surface area contributed by atoms with Crippen LogP contribution in [0.15, 0.2) is 21.7 Å². The van der Waals surface area contributed by atoms with Gasteiger partial charge in [0.2, 0.25) is 0 Å². The maximum Gasteiger partial charge on any atom is 0.194 e. The summed E-state index contributed by atoms with van der Waals surface area (Å²) >= 11 is 3.50. The number of aromatic nitrogens is 1. The fourth-order valence-corrected chi connectivity index (χ4v) is 2.48. The average molecular weight is 473 g/mol. The van der Waals surface area contributed by atoms with Crippen molar-refractivity contribution in [1.29, 1.82) is 0 Å². The minimum atomic E-state index is 0. The highest BCUT2D eigenvalue weighted by Gasteiger charge is 2.09. The van der Waals surface area contributed by atoms with Crippen LogP contribution in [0.4, 0.5) is 0 Å². The molecular formula is C14H26BrIN4O. The first-order valence-corrected chi connectivity index (χ1v) is 7.67. The number of hydrogen-bond acceptors (Lipinski definition) is 2. The van der Waals surface area contributed by atoms with Crippen molar-refractivity contribution in [2.45, 2.75) is 19.9 Å². The molecule has 0 atom stereocenters. The van der Waals surface area contributed by atoms with E-state index >= 15 is 0 Å². The molecule has 0 radical (unpaired) electrons. The van der Waals surface area contributed by atoms with Crippen LogP contribution in [0.1, 0.15) is 19.0 Å². The molecule has 21 heavy (non-hydrogen) atoms. The zero-order valence-corrected chi connectivity index (χ0v) is 17.1. The van der Waals surface area contributed by atoms with Gasteiger partial charge in [-0.15, -0.1) is 24.0 Å². The van der Waals surface area contributed by atoms with Gasteiger partial charge in [0.15, 0.2) is 5.96 Å². The quantitative estimate of drug-likeness (QED) is 0.287. The van der Waals surface area contributed by atoms with Crippen LogP contribution in [0.5, 0.6) is 0 Å². The van der Waals surface area contributed by atoms with Crippen LogP contribution >= 0.6 is 39.9 Å². The first kappa shape index (κ1) is 20.7. The zero-order chi connectivity index (χ0) is 15.0. The van der Waals surface area contributed by atoms with Crippen molar-refractivity contribution < 1.29 is 4.74 Å². The van der Waals surface area contributed by atoms with Gasteiger partial charge in [-0.1, -0.05) is 0 Å². The number of guanidine groups is 1. The number of aryl methyl sites for hydroxylation is 1. The molecule has 0 saturated heterocycles. The van der Waals surface area contributed by atoms with Gasteiger partial charge >= 0.3 is 0 Å². The van der Waals surface area contributed by atoms with E-state index in [9.17, 15) is 0 Å². The maximum atomic E-state index is 5.05. The summed E-state index contributed by atoms with van der Waals surface area (Å²) < 4.78 is 8.27. The summed E-state index contributed by atoms with van der Waals surface area (Å²) in [6, 6.07) is 2.13. The molecular weight excluding hydrogens is 447 g/mol. The highest BCUT2D eigenvalue weighted by atomic mass is 127. The molecule has 0 aliphatic rings. The Hall–Kier alpha value is -0.280. The van der Waals surface area contributed by atoms with Crippen LogP contribution in [0.3, 0.4) is 0 Å². The Morgan fingerprint density at radius 1 is 1.52 bits per heavy atom. The third kappa shape index (κ3) is 7.51. The van der Waals surface area contributed by atoms with Gasteiger partial charge in [0.25, 0.3) is 0 Å². The van der Waals surface area contributed by atoms with Crippen LogP contribution in [-0.2, 0) is 18.3 Å². The monoisotopic (exact) mass is 472 g/mol. The Kier molecular flexibility index (Phi) is 11.2. The molecule has 1 rings (SSSR count). The molecule has 0 fully saturated rings. The van der Waals surface area contributed by atoms with E-state index in [1.807, 2.05) is 0 Å². The second-order valence-electron chi connectivity index (χ2n) is 4.70. The number of aliphatic imine (C=N–C) groups is 1. The number of nitrogens with zero attached hydrogens (tertiary/aromatic N) is 3. The molecule has 0 aromatic carbocycles. The van der Waals surface area contributed by atoms with E-state index in [1.165, 1.54) is 5.69 Å². The number of nitrogens with one attached hydrogen (secondary N) is 1. The number of hydrogen-bond donors (Lipinski definition) is 1. The highest BCUT2D eigenvalue weighted by molar-refractivity contribution is 14.0. The van der Waals surface area contributed by atoms with E-state index in [2.05, 4.69) is 69.0 Å². The predicted octanol–water partition coefficient (Wildman–Crippen LogP) is 2.84. The summed E-state index contributed by atoms with van der Waals surface area (Å²) in [7, 11) is 5.82. The lowest BCUT2D eigenvalue weighted by Crippen LogP contribution is -2.38. The van der Waals surface area contributed by atoms with Crippen molar-refractivity contribution in [2.24, 2.45) is 12.0 Å². The molecule has 0 aliphatic heterocycles. The molecule has 0 saturated carbocycles. The maximum absolute atomic E-state index is 5.05. The fourth-order valence-electron chi connectivity index (χ4n) is 1.90. The molecule has 0 spiro atoms. The molecule has 0 aliphatic carbocycles. The Morgan fingerprint density at radius 3 is 2.76 bits per heavy atom. The largest absolute Gasteiger partial charge is 0.385 e. The molecule has 1 aromatic rings. The van der Waals surface area contributed by atoms with Gasteiger partial charge in [0.05, 0.1) is 6.54 Å². The summed E-state index contributed by atoms with van der Waals surface area (Å²) in [4.78, 5) is 6.75. The molecule has 5 nitrogen and oxygen atoms in total. The van der Waals surface area contributed by atoms with Gasteiger partial charge in [0, 0.05) is 57.3 Å². The molecule has 1 N–H and O–H groups in total. The summed E-state index contributed by atoms with van der Waals surface area (Å²) in [6.45, 7) is 5.29. The smallest absolute Gasteiger partial charge is 0.194 e. The van der Waals surface area contributed by atoms with Crippen molar-refractivity contribution in [2.75, 3.05) is 33.9 Å². The second kappa shape index (κ2) is 11.3. The molecule has 0 amide bonds. The van der Waals surface area contributed by atoms with Crippen molar-refractivity contribution in [1.82, 2.24) is 14.8 Å². The van der Waals surface area contributed by atoms with Gasteiger partial charge in [-0.25, -0.2) is 0 Å². The van der Waals surface area contributed by atoms with Crippen LogP contribution < -0.4 is 5.32 Å². The van der Waals surface area contributed by atoms with Gasteiger partial charge in [-0.2, -0.15) is 0 Å². The summed E-state index contributed by atoms with van der Waals surface area (Å²) in [5, 5.41) is 3.32. The number of halogens is 2. The number of rotatable bonds is 7. The minimum Gasteiger partial charge on any atom is -0.385 e. The minimum absolute atomic E-state index is 0. The van der Waals surface area contributed by atoms with Crippen LogP contribution in [-0.4, -0.2) is 49.3 Å². The van der Waals surface area contributed by atoms with E-state index in [4.69, 9.17) is 4.74 Å². The van der Waals surface area contributed by atoms with Crippen molar-refractivity contribution in [3.63, 3.8) is 0 Å². The predicted molar refractivity (Wildman–Crippen MR) is 102 cm³/mol. The lowest BCUT2D eigenvalue weighted by atomic mass is 10.4. The van der Waals surface area contributed by atoms with Crippen molar-refractivity contribution in [3.8, 4) is 0 Å². The normalized spacial score (nSPS) is 11.2. The third-order valence-corrected chi connectivity index (χ3v) is 3.37. The van der Waals surface area contributed by atoms with Gasteiger partial charge in [-0.3, -0.25) is 4.99 Å². The van der Waals surface area contributed by atoms with Crippen molar-refractivity contribution in [3.05, 3.63) is 22.4 Å². The Morgan fingerprint density at radius 2 is 2.24 bits per heavy atom. The lowest BCUT2D eigenvalue weighted by molar-refractivity contribution is 0.197. The molecule has 0 unspecified atom stereocenters. The summed E-state index contributed by atoms with van der Waals surface area (Å²) in [5.41, 5.74) is 1.24. The van der Waals surface area contributed by atoms with Crippen LogP contribution in [0.2, 0.25) is 0 Å². The third-order valence-electron chi connectivity index (χ3n) is 2.94. The molecule has 122 valence electrons. The first-order valence-electron chi connectivity index (χ1n) is 6.87. The number of methoxy groups -OCH3 is 1. The fraction of sp³-hybridized carbons (Fsp3) is 0.643. The SMILES string of the molecule is CCNC(=NCCCOC)N(C)Cc1cc(Br)cn1C.I. The van der Waals surface area contributed by atoms with E-state index in [0.29, 0.717) is 0 Å². The molecule has 1 aromatic heterocycles. The topological polar surface area (TPSA) is 41.8 Å². The van der Waals surface area contributed by atoms with E-state index in [-0.39, 0.29) is 24.0 Å². The summed E-state index contributed by atoms with van der Waals surface area (Å²) in [5.74, 6) is 0.931. The molecule has 0 bridgehead atoms. The van der Waals surface area contributed by atoms with Gasteiger partial charge < -0.3 is 19.5 Å². The Balaban J connectivity index is 0.00000400. The standard InChI is InChI=1S/C14H25BrN4O.HI/c1-5-16-14(17-7-6-8-20-4)19(3)11-13-9-12(15)10-18(13)2;/h9-10H,5-8,11H2,1-4H3,(H,16,17);1H. The number of ether oxygens (including phenoxy) is 1. The molecule has 1 heterocycles. The molecule has 7 heteroatoms. The summed E-state index contributed by atoms with van der Waals surface area (Å²) in [6.07, 6.45) is 3.00. The zero-order valence-electron chi connectivity index (χ0n) is 13.2. The van der Waals surface area contributed by atoms with Crippen molar-refractivity contribution >= 4 is 45.9 Å². The van der Waals surface area contributed by atoms with Crippen LogP contribution in [0.25, 0.3) is 0 Å². The lowest BCUT2D eigenvalue weighted by Gasteiger charge is -2.22.